The maximum atomic E-state index is 12.8. The molecule has 2 unspecified atom stereocenters. The summed E-state index contributed by atoms with van der Waals surface area (Å²) in [6.45, 7) is 1.77. The second-order valence-electron chi connectivity index (χ2n) is 3.99. The normalized spacial score (nSPS) is 25.7. The molecule has 1 aromatic rings. The molecule has 1 aromatic carbocycles. The lowest BCUT2D eigenvalue weighted by molar-refractivity contribution is 0.145. The topological polar surface area (TPSA) is 21.3 Å². The van der Waals surface area contributed by atoms with Gasteiger partial charge in [-0.1, -0.05) is 12.1 Å². The first-order valence-corrected chi connectivity index (χ1v) is 5.29. The summed E-state index contributed by atoms with van der Waals surface area (Å²) in [5, 5.41) is 3.42. The van der Waals surface area contributed by atoms with Crippen molar-refractivity contribution in [2.75, 3.05) is 20.3 Å². The highest BCUT2D eigenvalue weighted by atomic mass is 19.1. The van der Waals surface area contributed by atoms with Crippen molar-refractivity contribution in [1.82, 2.24) is 5.32 Å². The maximum absolute atomic E-state index is 12.8. The Balaban J connectivity index is 2.11. The van der Waals surface area contributed by atoms with Crippen molar-refractivity contribution >= 4 is 0 Å². The van der Waals surface area contributed by atoms with Crippen molar-refractivity contribution in [1.29, 1.82) is 0 Å². The largest absolute Gasteiger partial charge is 0.384 e. The van der Waals surface area contributed by atoms with Crippen LogP contribution in [0, 0.1) is 11.7 Å². The smallest absolute Gasteiger partial charge is 0.123 e. The summed E-state index contributed by atoms with van der Waals surface area (Å²) in [6.07, 6.45) is 1.12. The number of hydrogen-bond acceptors (Lipinski definition) is 2. The van der Waals surface area contributed by atoms with Crippen molar-refractivity contribution in [3.63, 3.8) is 0 Å². The molecule has 3 heteroatoms. The zero-order chi connectivity index (χ0) is 10.7. The number of halogens is 1. The zero-order valence-electron chi connectivity index (χ0n) is 8.87. The molecule has 0 bridgehead atoms. The van der Waals surface area contributed by atoms with Crippen molar-refractivity contribution in [2.24, 2.45) is 5.92 Å². The van der Waals surface area contributed by atoms with Gasteiger partial charge in [-0.25, -0.2) is 4.39 Å². The van der Waals surface area contributed by atoms with Crippen molar-refractivity contribution in [3.05, 3.63) is 35.6 Å². The molecule has 2 rings (SSSR count). The van der Waals surface area contributed by atoms with E-state index in [1.54, 1.807) is 7.11 Å². The molecule has 1 N–H and O–H groups in total. The van der Waals surface area contributed by atoms with Gasteiger partial charge in [0.25, 0.3) is 0 Å². The summed E-state index contributed by atoms with van der Waals surface area (Å²) in [4.78, 5) is 0. The van der Waals surface area contributed by atoms with Crippen molar-refractivity contribution in [2.45, 2.75) is 12.5 Å². The van der Waals surface area contributed by atoms with Gasteiger partial charge in [0.15, 0.2) is 0 Å². The first-order chi connectivity index (χ1) is 7.31. The van der Waals surface area contributed by atoms with Crippen LogP contribution in [0.5, 0.6) is 0 Å². The molecule has 1 aliphatic heterocycles. The minimum atomic E-state index is -0.181. The lowest BCUT2D eigenvalue weighted by atomic mass is 9.95. The molecule has 0 amide bonds. The molecule has 15 heavy (non-hydrogen) atoms. The molecule has 0 aliphatic carbocycles. The fraction of sp³-hybridized carbons (Fsp3) is 0.500. The number of hydrogen-bond donors (Lipinski definition) is 1. The highest BCUT2D eigenvalue weighted by Gasteiger charge is 2.27. The van der Waals surface area contributed by atoms with Crippen molar-refractivity contribution < 1.29 is 9.13 Å². The summed E-state index contributed by atoms with van der Waals surface area (Å²) >= 11 is 0. The molecule has 2 atom stereocenters. The summed E-state index contributed by atoms with van der Waals surface area (Å²) in [5.74, 6) is 0.320. The van der Waals surface area contributed by atoms with Gasteiger partial charge in [-0.05, 0) is 30.7 Å². The molecule has 82 valence electrons. The van der Waals surface area contributed by atoms with Gasteiger partial charge in [0, 0.05) is 19.1 Å². The Morgan fingerprint density at radius 2 is 2.13 bits per heavy atom. The van der Waals surface area contributed by atoms with Crippen LogP contribution in [0.1, 0.15) is 18.0 Å². The van der Waals surface area contributed by atoms with Crippen LogP contribution in [0.2, 0.25) is 0 Å². The van der Waals surface area contributed by atoms with Gasteiger partial charge < -0.3 is 10.1 Å². The van der Waals surface area contributed by atoms with Gasteiger partial charge in [0.1, 0.15) is 5.82 Å². The second kappa shape index (κ2) is 4.73. The molecule has 1 fully saturated rings. The van der Waals surface area contributed by atoms with Gasteiger partial charge in [-0.3, -0.25) is 0 Å². The van der Waals surface area contributed by atoms with Crippen LogP contribution < -0.4 is 5.32 Å². The van der Waals surface area contributed by atoms with Gasteiger partial charge in [-0.2, -0.15) is 0 Å². The average molecular weight is 209 g/mol. The number of ether oxygens (including phenoxy) is 1. The third-order valence-corrected chi connectivity index (χ3v) is 2.96. The van der Waals surface area contributed by atoms with Gasteiger partial charge >= 0.3 is 0 Å². The van der Waals surface area contributed by atoms with E-state index in [-0.39, 0.29) is 5.82 Å². The monoisotopic (exact) mass is 209 g/mol. The third kappa shape index (κ3) is 2.36. The molecule has 2 nitrogen and oxygen atoms in total. The predicted octanol–water partition coefficient (Wildman–Crippen LogP) is 2.12. The summed E-state index contributed by atoms with van der Waals surface area (Å²) in [6, 6.07) is 7.03. The molecule has 1 aliphatic rings. The molecule has 0 radical (unpaired) electrons. The molecule has 1 saturated heterocycles. The third-order valence-electron chi connectivity index (χ3n) is 2.96. The highest BCUT2D eigenvalue weighted by molar-refractivity contribution is 5.21. The second-order valence-corrected chi connectivity index (χ2v) is 3.99. The molecule has 0 aromatic heterocycles. The SMILES string of the molecule is COCC1CCNC1c1ccc(F)cc1. The average Bonchev–Trinajstić information content (AvgIpc) is 2.68. The van der Waals surface area contributed by atoms with E-state index in [9.17, 15) is 4.39 Å². The van der Waals surface area contributed by atoms with Gasteiger partial charge in [-0.15, -0.1) is 0 Å². The van der Waals surface area contributed by atoms with E-state index in [2.05, 4.69) is 5.32 Å². The zero-order valence-corrected chi connectivity index (χ0v) is 8.87. The number of rotatable bonds is 3. The Morgan fingerprint density at radius 1 is 1.40 bits per heavy atom. The van der Waals surface area contributed by atoms with E-state index < -0.39 is 0 Å². The van der Waals surface area contributed by atoms with E-state index in [1.165, 1.54) is 12.1 Å². The minimum Gasteiger partial charge on any atom is -0.384 e. The number of benzene rings is 1. The quantitative estimate of drug-likeness (QED) is 0.823. The summed E-state index contributed by atoms with van der Waals surface area (Å²) in [7, 11) is 1.72. The van der Waals surface area contributed by atoms with Crippen LogP contribution in [0.15, 0.2) is 24.3 Å². The van der Waals surface area contributed by atoms with Gasteiger partial charge in [0.2, 0.25) is 0 Å². The van der Waals surface area contributed by atoms with Crippen molar-refractivity contribution in [3.8, 4) is 0 Å². The standard InChI is InChI=1S/C12H16FNO/c1-15-8-10-6-7-14-12(10)9-2-4-11(13)5-3-9/h2-5,10,12,14H,6-8H2,1H3. The molecular formula is C12H16FNO. The molecule has 0 spiro atoms. The van der Waals surface area contributed by atoms with E-state index in [1.807, 2.05) is 12.1 Å². The first-order valence-electron chi connectivity index (χ1n) is 5.29. The highest BCUT2D eigenvalue weighted by Crippen LogP contribution is 2.29. The van der Waals surface area contributed by atoms with Crippen LogP contribution in [-0.4, -0.2) is 20.3 Å². The van der Waals surface area contributed by atoms with Crippen LogP contribution in [0.4, 0.5) is 4.39 Å². The van der Waals surface area contributed by atoms with Crippen LogP contribution in [0.3, 0.4) is 0 Å². The Kier molecular flexibility index (Phi) is 3.34. The van der Waals surface area contributed by atoms with Crippen LogP contribution in [0.25, 0.3) is 0 Å². The first kappa shape index (κ1) is 10.6. The lowest BCUT2D eigenvalue weighted by Gasteiger charge is -2.19. The Hall–Kier alpha value is -0.930. The van der Waals surface area contributed by atoms with E-state index in [4.69, 9.17) is 4.74 Å². The number of methoxy groups -OCH3 is 1. The summed E-state index contributed by atoms with van der Waals surface area (Å²) < 4.78 is 18.0. The van der Waals surface area contributed by atoms with Gasteiger partial charge in [0.05, 0.1) is 6.61 Å². The fourth-order valence-corrected chi connectivity index (χ4v) is 2.21. The molecular weight excluding hydrogens is 193 g/mol. The molecule has 0 saturated carbocycles. The Bertz CT molecular complexity index is 312. The maximum Gasteiger partial charge on any atom is 0.123 e. The lowest BCUT2D eigenvalue weighted by Crippen LogP contribution is -2.20. The summed E-state index contributed by atoms with van der Waals surface area (Å²) in [5.41, 5.74) is 1.15. The Morgan fingerprint density at radius 3 is 2.80 bits per heavy atom. The van der Waals surface area contributed by atoms with Crippen LogP contribution >= 0.6 is 0 Å². The Labute approximate surface area is 89.4 Å². The minimum absolute atomic E-state index is 0.181. The predicted molar refractivity (Wildman–Crippen MR) is 57.1 cm³/mol. The fourth-order valence-electron chi connectivity index (χ4n) is 2.21. The van der Waals surface area contributed by atoms with E-state index >= 15 is 0 Å². The molecule has 1 heterocycles. The van der Waals surface area contributed by atoms with E-state index in [0.29, 0.717) is 12.0 Å². The van der Waals surface area contributed by atoms with E-state index in [0.717, 1.165) is 25.1 Å². The van der Waals surface area contributed by atoms with Crippen LogP contribution in [-0.2, 0) is 4.74 Å². The number of nitrogens with one attached hydrogen (secondary N) is 1.